The van der Waals surface area contributed by atoms with Crippen LogP contribution in [0, 0.1) is 5.92 Å². The molecule has 1 aromatic carbocycles. The lowest BCUT2D eigenvalue weighted by atomic mass is 10.2. The van der Waals surface area contributed by atoms with Crippen LogP contribution < -0.4 is 9.47 Å². The third kappa shape index (κ3) is 5.78. The number of benzene rings is 1. The zero-order valence-corrected chi connectivity index (χ0v) is 19.8. The van der Waals surface area contributed by atoms with Crippen molar-refractivity contribution >= 4 is 16.1 Å². The third-order valence-electron chi connectivity index (χ3n) is 4.72. The van der Waals surface area contributed by atoms with Crippen LogP contribution in [0.15, 0.2) is 23.1 Å². The summed E-state index contributed by atoms with van der Waals surface area (Å²) >= 11 is 0. The number of hydrogen-bond acceptors (Lipinski definition) is 6. The molecule has 30 heavy (non-hydrogen) atoms. The van der Waals surface area contributed by atoms with Crippen molar-refractivity contribution in [1.82, 2.24) is 9.21 Å². The van der Waals surface area contributed by atoms with E-state index in [1.54, 1.807) is 17.0 Å². The molecular formula is C21H34N2O6S. The highest BCUT2D eigenvalue weighted by atomic mass is 32.2. The van der Waals surface area contributed by atoms with Gasteiger partial charge in [-0.3, -0.25) is 0 Å². The molecule has 1 atom stereocenters. The molecule has 1 aromatic rings. The fraction of sp³-hybridized carbons (Fsp3) is 0.667. The molecule has 1 aliphatic rings. The third-order valence-corrected chi connectivity index (χ3v) is 6.66. The molecule has 0 aliphatic carbocycles. The first-order chi connectivity index (χ1) is 13.9. The zero-order chi connectivity index (χ0) is 22.7. The largest absolute Gasteiger partial charge is 0.497 e. The second kappa shape index (κ2) is 9.43. The fourth-order valence-electron chi connectivity index (χ4n) is 3.38. The van der Waals surface area contributed by atoms with Crippen LogP contribution in [-0.2, 0) is 14.8 Å². The number of ether oxygens (including phenoxy) is 3. The summed E-state index contributed by atoms with van der Waals surface area (Å²) in [4.78, 5) is 14.1. The van der Waals surface area contributed by atoms with Crippen LogP contribution in [0.3, 0.4) is 0 Å². The van der Waals surface area contributed by atoms with Gasteiger partial charge in [0.25, 0.3) is 0 Å². The number of likely N-dealkylation sites (tertiary alicyclic amines) is 1. The summed E-state index contributed by atoms with van der Waals surface area (Å²) in [6, 6.07) is 4.37. The van der Waals surface area contributed by atoms with E-state index in [9.17, 15) is 13.2 Å². The van der Waals surface area contributed by atoms with Gasteiger partial charge in [-0.15, -0.1) is 0 Å². The van der Waals surface area contributed by atoms with Crippen LogP contribution in [0.4, 0.5) is 4.79 Å². The minimum Gasteiger partial charge on any atom is -0.497 e. The Morgan fingerprint density at radius 1 is 1.23 bits per heavy atom. The average molecular weight is 443 g/mol. The molecule has 1 heterocycles. The van der Waals surface area contributed by atoms with Crippen molar-refractivity contribution in [2.45, 2.75) is 57.6 Å². The van der Waals surface area contributed by atoms with Crippen LogP contribution >= 0.6 is 0 Å². The Bertz CT molecular complexity index is 848. The van der Waals surface area contributed by atoms with Gasteiger partial charge in [-0.05, 0) is 45.2 Å². The number of carbonyl (C=O) groups is 1. The molecule has 0 radical (unpaired) electrons. The van der Waals surface area contributed by atoms with Gasteiger partial charge in [0.05, 0.1) is 14.2 Å². The Balaban J connectivity index is 2.35. The van der Waals surface area contributed by atoms with Gasteiger partial charge in [0.2, 0.25) is 10.0 Å². The zero-order valence-electron chi connectivity index (χ0n) is 19.0. The van der Waals surface area contributed by atoms with Crippen molar-refractivity contribution in [1.29, 1.82) is 0 Å². The molecule has 1 aliphatic heterocycles. The molecule has 170 valence electrons. The predicted molar refractivity (Wildman–Crippen MR) is 114 cm³/mol. The Morgan fingerprint density at radius 3 is 2.43 bits per heavy atom. The van der Waals surface area contributed by atoms with E-state index in [2.05, 4.69) is 0 Å². The van der Waals surface area contributed by atoms with E-state index in [1.165, 1.54) is 24.6 Å². The van der Waals surface area contributed by atoms with E-state index in [1.807, 2.05) is 34.6 Å². The predicted octanol–water partition coefficient (Wildman–Crippen LogP) is 3.36. The van der Waals surface area contributed by atoms with E-state index < -0.39 is 21.7 Å². The number of carbonyl (C=O) groups excluding carboxylic acids is 1. The van der Waals surface area contributed by atoms with Gasteiger partial charge >= 0.3 is 6.09 Å². The van der Waals surface area contributed by atoms with Crippen molar-refractivity contribution in [3.05, 3.63) is 18.2 Å². The van der Waals surface area contributed by atoms with E-state index in [0.29, 0.717) is 25.3 Å². The number of nitrogens with zero attached hydrogens (tertiary/aromatic N) is 2. The van der Waals surface area contributed by atoms with Crippen LogP contribution in [-0.4, -0.2) is 69.2 Å². The lowest BCUT2D eigenvalue weighted by molar-refractivity contribution is 0.0286. The number of rotatable bonds is 7. The smallest absolute Gasteiger partial charge is 0.410 e. The number of sulfonamides is 1. The maximum Gasteiger partial charge on any atom is 0.410 e. The second-order valence-electron chi connectivity index (χ2n) is 8.85. The Morgan fingerprint density at radius 2 is 1.90 bits per heavy atom. The summed E-state index contributed by atoms with van der Waals surface area (Å²) < 4.78 is 44.8. The van der Waals surface area contributed by atoms with Crippen LogP contribution in [0.1, 0.15) is 41.0 Å². The number of hydrogen-bond donors (Lipinski definition) is 0. The van der Waals surface area contributed by atoms with E-state index in [4.69, 9.17) is 14.2 Å². The quantitative estimate of drug-likeness (QED) is 0.644. The molecule has 0 unspecified atom stereocenters. The molecule has 1 amide bonds. The minimum atomic E-state index is -3.89. The van der Waals surface area contributed by atoms with E-state index >= 15 is 0 Å². The standard InChI is InChI=1S/C21H34N2O6S/c1-15(2)13-23(16-10-11-22(14-16)20(24)29-21(3,4)5)30(25,26)19-12-17(27-6)8-9-18(19)28-7/h8-9,12,15-16H,10-11,13-14H2,1-7H3/t16-/m1/s1. The maximum absolute atomic E-state index is 13.7. The maximum atomic E-state index is 13.7. The summed E-state index contributed by atoms with van der Waals surface area (Å²) in [5, 5.41) is 0. The number of amides is 1. The van der Waals surface area contributed by atoms with Gasteiger partial charge in [-0.1, -0.05) is 13.8 Å². The first-order valence-electron chi connectivity index (χ1n) is 10.1. The van der Waals surface area contributed by atoms with Gasteiger partial charge in [0.15, 0.2) is 0 Å². The van der Waals surface area contributed by atoms with Crippen LogP contribution in [0.2, 0.25) is 0 Å². The van der Waals surface area contributed by atoms with Crippen molar-refractivity contribution in [2.24, 2.45) is 5.92 Å². The SMILES string of the molecule is COc1ccc(OC)c(S(=O)(=O)N(CC(C)C)[C@@H]2CCN(C(=O)OC(C)(C)C)C2)c1. The molecule has 2 rings (SSSR count). The van der Waals surface area contributed by atoms with E-state index in [-0.39, 0.29) is 29.1 Å². The summed E-state index contributed by atoms with van der Waals surface area (Å²) in [7, 11) is -0.966. The average Bonchev–Trinajstić information content (AvgIpc) is 3.13. The van der Waals surface area contributed by atoms with Gasteiger partial charge in [0.1, 0.15) is 22.0 Å². The van der Waals surface area contributed by atoms with Gasteiger partial charge in [0, 0.05) is 31.7 Å². The van der Waals surface area contributed by atoms with E-state index in [0.717, 1.165) is 0 Å². The summed E-state index contributed by atoms with van der Waals surface area (Å²) in [6.07, 6.45) is 0.114. The molecule has 1 fully saturated rings. The minimum absolute atomic E-state index is 0.0562. The Kier molecular flexibility index (Phi) is 7.63. The fourth-order valence-corrected chi connectivity index (χ4v) is 5.37. The number of methoxy groups -OCH3 is 2. The molecule has 0 N–H and O–H groups in total. The molecule has 0 spiro atoms. The first-order valence-corrected chi connectivity index (χ1v) is 11.5. The normalized spacial score (nSPS) is 17.5. The molecule has 1 saturated heterocycles. The highest BCUT2D eigenvalue weighted by Gasteiger charge is 2.39. The molecule has 9 heteroatoms. The molecule has 0 saturated carbocycles. The summed E-state index contributed by atoms with van der Waals surface area (Å²) in [6.45, 7) is 10.4. The summed E-state index contributed by atoms with van der Waals surface area (Å²) in [5.41, 5.74) is -0.604. The second-order valence-corrected chi connectivity index (χ2v) is 10.7. The Labute approximate surface area is 180 Å². The topological polar surface area (TPSA) is 85.4 Å². The monoisotopic (exact) mass is 442 g/mol. The molecule has 0 bridgehead atoms. The Hall–Kier alpha value is -2.00. The van der Waals surface area contributed by atoms with Crippen LogP contribution in [0.25, 0.3) is 0 Å². The highest BCUT2D eigenvalue weighted by Crippen LogP contribution is 2.33. The lowest BCUT2D eigenvalue weighted by Gasteiger charge is -2.30. The van der Waals surface area contributed by atoms with Crippen molar-refractivity contribution in [3.63, 3.8) is 0 Å². The molecule has 0 aromatic heterocycles. The van der Waals surface area contributed by atoms with Crippen molar-refractivity contribution in [3.8, 4) is 11.5 Å². The molecular weight excluding hydrogens is 408 g/mol. The van der Waals surface area contributed by atoms with Crippen molar-refractivity contribution < 1.29 is 27.4 Å². The first kappa shape index (κ1) is 24.3. The lowest BCUT2D eigenvalue weighted by Crippen LogP contribution is -2.45. The molecule has 8 nitrogen and oxygen atoms in total. The van der Waals surface area contributed by atoms with Gasteiger partial charge < -0.3 is 19.1 Å². The van der Waals surface area contributed by atoms with Crippen molar-refractivity contribution in [2.75, 3.05) is 33.9 Å². The van der Waals surface area contributed by atoms with Crippen LogP contribution in [0.5, 0.6) is 11.5 Å². The highest BCUT2D eigenvalue weighted by molar-refractivity contribution is 7.89. The van der Waals surface area contributed by atoms with Gasteiger partial charge in [-0.25, -0.2) is 13.2 Å². The van der Waals surface area contributed by atoms with Gasteiger partial charge in [-0.2, -0.15) is 4.31 Å². The summed E-state index contributed by atoms with van der Waals surface area (Å²) in [5.74, 6) is 0.791.